The molecule has 2 aromatic heterocycles. The number of pyridine rings is 1. The quantitative estimate of drug-likeness (QED) is 0.835. The largest absolute Gasteiger partial charge is 0.334 e. The Bertz CT molecular complexity index is 732. The Kier molecular flexibility index (Phi) is 5.38. The molecule has 1 saturated heterocycles. The molecule has 1 amide bonds. The first-order chi connectivity index (χ1) is 12.0. The molecule has 0 saturated carbocycles. The number of hydrogen-bond acceptors (Lipinski definition) is 5. The second kappa shape index (κ2) is 7.70. The smallest absolute Gasteiger partial charge is 0.227 e. The van der Waals surface area contributed by atoms with Crippen molar-refractivity contribution in [3.63, 3.8) is 0 Å². The van der Waals surface area contributed by atoms with E-state index in [9.17, 15) is 4.79 Å². The predicted octanol–water partition coefficient (Wildman–Crippen LogP) is 2.15. The minimum Gasteiger partial charge on any atom is -0.334 e. The van der Waals surface area contributed by atoms with Gasteiger partial charge in [0.2, 0.25) is 5.91 Å². The topological polar surface area (TPSA) is 62.2 Å². The van der Waals surface area contributed by atoms with E-state index in [1.165, 1.54) is 0 Å². The zero-order valence-corrected chi connectivity index (χ0v) is 15.1. The first-order valence-corrected chi connectivity index (χ1v) is 8.70. The number of carbonyl (C=O) groups excluding carboxylic acids is 1. The first kappa shape index (κ1) is 17.5. The summed E-state index contributed by atoms with van der Waals surface area (Å²) in [5, 5.41) is 0. The van der Waals surface area contributed by atoms with Crippen molar-refractivity contribution >= 4 is 5.91 Å². The summed E-state index contributed by atoms with van der Waals surface area (Å²) >= 11 is 0. The second-order valence-corrected chi connectivity index (χ2v) is 6.85. The van der Waals surface area contributed by atoms with Crippen molar-refractivity contribution in [3.05, 3.63) is 53.4 Å². The highest BCUT2D eigenvalue weighted by atomic mass is 16.2. The lowest BCUT2D eigenvalue weighted by Gasteiger charge is -2.27. The Labute approximate surface area is 148 Å². The average Bonchev–Trinajstić information content (AvgIpc) is 3.06. The van der Waals surface area contributed by atoms with Gasteiger partial charge in [0, 0.05) is 37.2 Å². The third kappa shape index (κ3) is 4.20. The van der Waals surface area contributed by atoms with Gasteiger partial charge >= 0.3 is 0 Å². The summed E-state index contributed by atoms with van der Waals surface area (Å²) in [5.74, 6) is 0.895. The monoisotopic (exact) mass is 339 g/mol. The molecule has 3 heterocycles. The summed E-state index contributed by atoms with van der Waals surface area (Å²) in [7, 11) is 4.06. The van der Waals surface area contributed by atoms with E-state index < -0.39 is 0 Å². The molecule has 0 spiro atoms. The van der Waals surface area contributed by atoms with E-state index in [-0.39, 0.29) is 11.9 Å². The van der Waals surface area contributed by atoms with Crippen LogP contribution in [-0.2, 0) is 17.8 Å². The number of rotatable bonds is 5. The average molecular weight is 339 g/mol. The minimum absolute atomic E-state index is 0.0424. The lowest BCUT2D eigenvalue weighted by Crippen LogP contribution is -2.33. The number of amides is 1. The second-order valence-electron chi connectivity index (χ2n) is 6.85. The number of hydrogen-bond donors (Lipinski definition) is 0. The molecule has 0 unspecified atom stereocenters. The normalized spacial score (nSPS) is 17.3. The standard InChI is InChI=1S/C19H25N5O/c1-14-21-12-16(13-23(2)3)19(22-14)17-7-5-9-24(17)18(25)10-15-6-4-8-20-11-15/h4,6,8,11-12,17H,5,7,9-10,13H2,1-3H3/t17-/m0/s1. The Morgan fingerprint density at radius 1 is 1.36 bits per heavy atom. The molecule has 3 rings (SSSR count). The van der Waals surface area contributed by atoms with Crippen molar-refractivity contribution < 1.29 is 4.79 Å². The van der Waals surface area contributed by atoms with Crippen LogP contribution in [-0.4, -0.2) is 51.3 Å². The summed E-state index contributed by atoms with van der Waals surface area (Å²) in [6.07, 6.45) is 7.74. The maximum Gasteiger partial charge on any atom is 0.227 e. The fraction of sp³-hybridized carbons (Fsp3) is 0.474. The van der Waals surface area contributed by atoms with Gasteiger partial charge in [-0.25, -0.2) is 9.97 Å². The molecule has 1 atom stereocenters. The van der Waals surface area contributed by atoms with Crippen molar-refractivity contribution in [1.29, 1.82) is 0 Å². The van der Waals surface area contributed by atoms with Gasteiger partial charge in [-0.05, 0) is 45.5 Å². The van der Waals surface area contributed by atoms with Crippen LogP contribution in [0.5, 0.6) is 0 Å². The molecule has 1 aliphatic heterocycles. The summed E-state index contributed by atoms with van der Waals surface area (Å²) in [6, 6.07) is 3.86. The lowest BCUT2D eigenvalue weighted by atomic mass is 10.0. The molecule has 0 aromatic carbocycles. The maximum absolute atomic E-state index is 12.9. The minimum atomic E-state index is 0.0424. The van der Waals surface area contributed by atoms with Gasteiger partial charge in [-0.2, -0.15) is 0 Å². The van der Waals surface area contributed by atoms with E-state index in [2.05, 4.69) is 14.9 Å². The molecule has 0 aliphatic carbocycles. The molecule has 1 fully saturated rings. The Morgan fingerprint density at radius 3 is 2.92 bits per heavy atom. The molecular formula is C19H25N5O. The van der Waals surface area contributed by atoms with Gasteiger partial charge in [0.1, 0.15) is 5.82 Å². The van der Waals surface area contributed by atoms with Crippen LogP contribution in [0.1, 0.15) is 41.5 Å². The number of aryl methyl sites for hydroxylation is 1. The van der Waals surface area contributed by atoms with E-state index in [4.69, 9.17) is 4.98 Å². The Morgan fingerprint density at radius 2 is 2.20 bits per heavy atom. The molecule has 1 aliphatic rings. The van der Waals surface area contributed by atoms with Crippen LogP contribution < -0.4 is 0 Å². The van der Waals surface area contributed by atoms with Crippen molar-refractivity contribution in [1.82, 2.24) is 24.8 Å². The van der Waals surface area contributed by atoms with Gasteiger partial charge in [0.15, 0.2) is 0 Å². The summed E-state index contributed by atoms with van der Waals surface area (Å²) in [4.78, 5) is 30.1. The molecule has 6 nitrogen and oxygen atoms in total. The highest BCUT2D eigenvalue weighted by Crippen LogP contribution is 2.33. The van der Waals surface area contributed by atoms with Gasteiger partial charge in [0.05, 0.1) is 18.2 Å². The molecule has 25 heavy (non-hydrogen) atoms. The molecule has 6 heteroatoms. The van der Waals surface area contributed by atoms with E-state index in [0.717, 1.165) is 48.6 Å². The highest BCUT2D eigenvalue weighted by Gasteiger charge is 2.32. The molecule has 2 aromatic rings. The third-order valence-corrected chi connectivity index (χ3v) is 4.47. The highest BCUT2D eigenvalue weighted by molar-refractivity contribution is 5.79. The van der Waals surface area contributed by atoms with Gasteiger partial charge in [-0.1, -0.05) is 6.07 Å². The first-order valence-electron chi connectivity index (χ1n) is 8.70. The van der Waals surface area contributed by atoms with E-state index in [0.29, 0.717) is 6.42 Å². The van der Waals surface area contributed by atoms with Crippen LogP contribution in [0, 0.1) is 6.92 Å². The molecule has 132 valence electrons. The lowest BCUT2D eigenvalue weighted by molar-refractivity contribution is -0.131. The molecule has 0 radical (unpaired) electrons. The SMILES string of the molecule is Cc1ncc(CN(C)C)c([C@@H]2CCCN2C(=O)Cc2cccnc2)n1. The zero-order chi connectivity index (χ0) is 17.8. The van der Waals surface area contributed by atoms with Gasteiger partial charge in [-0.3, -0.25) is 9.78 Å². The van der Waals surface area contributed by atoms with Crippen molar-refractivity contribution in [3.8, 4) is 0 Å². The Balaban J connectivity index is 1.84. The zero-order valence-electron chi connectivity index (χ0n) is 15.1. The third-order valence-electron chi connectivity index (χ3n) is 4.47. The van der Waals surface area contributed by atoms with Gasteiger partial charge in [-0.15, -0.1) is 0 Å². The molecule has 0 bridgehead atoms. The number of nitrogens with zero attached hydrogens (tertiary/aromatic N) is 5. The van der Waals surface area contributed by atoms with Crippen molar-refractivity contribution in [2.45, 2.75) is 38.8 Å². The number of likely N-dealkylation sites (tertiary alicyclic amines) is 1. The number of carbonyl (C=O) groups is 1. The maximum atomic E-state index is 12.9. The fourth-order valence-corrected chi connectivity index (χ4v) is 3.39. The van der Waals surface area contributed by atoms with Crippen LogP contribution in [0.3, 0.4) is 0 Å². The van der Waals surface area contributed by atoms with Crippen LogP contribution in [0.2, 0.25) is 0 Å². The van der Waals surface area contributed by atoms with Crippen molar-refractivity contribution in [2.24, 2.45) is 0 Å². The van der Waals surface area contributed by atoms with E-state index >= 15 is 0 Å². The molecule has 0 N–H and O–H groups in total. The van der Waals surface area contributed by atoms with E-state index in [1.807, 2.05) is 44.2 Å². The molecular weight excluding hydrogens is 314 g/mol. The van der Waals surface area contributed by atoms with Gasteiger partial charge < -0.3 is 9.80 Å². The van der Waals surface area contributed by atoms with Crippen molar-refractivity contribution in [2.75, 3.05) is 20.6 Å². The predicted molar refractivity (Wildman–Crippen MR) is 95.8 cm³/mol. The number of aromatic nitrogens is 3. The van der Waals surface area contributed by atoms with E-state index in [1.54, 1.807) is 12.4 Å². The fourth-order valence-electron chi connectivity index (χ4n) is 3.39. The Hall–Kier alpha value is -2.34. The van der Waals surface area contributed by atoms with Crippen LogP contribution in [0.15, 0.2) is 30.7 Å². The van der Waals surface area contributed by atoms with Crippen LogP contribution in [0.4, 0.5) is 0 Å². The summed E-state index contributed by atoms with van der Waals surface area (Å²) in [6.45, 7) is 3.46. The summed E-state index contributed by atoms with van der Waals surface area (Å²) in [5.41, 5.74) is 3.05. The van der Waals surface area contributed by atoms with Crippen LogP contribution >= 0.6 is 0 Å². The summed E-state index contributed by atoms with van der Waals surface area (Å²) < 4.78 is 0. The van der Waals surface area contributed by atoms with Crippen LogP contribution in [0.25, 0.3) is 0 Å². The van der Waals surface area contributed by atoms with Gasteiger partial charge in [0.25, 0.3) is 0 Å².